The van der Waals surface area contributed by atoms with Crippen molar-refractivity contribution >= 4 is 6.03 Å². The Morgan fingerprint density at radius 2 is 1.78 bits per heavy atom. The molecule has 1 saturated carbocycles. The van der Waals surface area contributed by atoms with Gasteiger partial charge in [0.25, 0.3) is 0 Å². The molecular weight excluding hydrogens is 288 g/mol. The topological polar surface area (TPSA) is 41.6 Å². The third kappa shape index (κ3) is 3.28. The first-order valence-corrected chi connectivity index (χ1v) is 9.58. The lowest BCUT2D eigenvalue weighted by atomic mass is 9.78. The summed E-state index contributed by atoms with van der Waals surface area (Å²) >= 11 is 0. The van der Waals surface area contributed by atoms with Crippen LogP contribution in [-0.4, -0.2) is 42.3 Å². The van der Waals surface area contributed by atoms with Crippen LogP contribution in [0.3, 0.4) is 0 Å². The van der Waals surface area contributed by atoms with E-state index in [1.165, 1.54) is 32.1 Å². The molecule has 2 amide bonds. The van der Waals surface area contributed by atoms with Crippen molar-refractivity contribution in [2.24, 2.45) is 11.8 Å². The van der Waals surface area contributed by atoms with E-state index in [0.717, 1.165) is 45.4 Å². The van der Waals surface area contributed by atoms with Crippen molar-refractivity contribution < 1.29 is 9.53 Å². The quantitative estimate of drug-likeness (QED) is 0.752. The van der Waals surface area contributed by atoms with E-state index < -0.39 is 0 Å². The van der Waals surface area contributed by atoms with Gasteiger partial charge in [-0.05, 0) is 50.4 Å². The average molecular weight is 318 g/mol. The van der Waals surface area contributed by atoms with Gasteiger partial charge in [-0.2, -0.15) is 0 Å². The molecule has 2 heterocycles. The minimum absolute atomic E-state index is 0.0668. The van der Waals surface area contributed by atoms with Crippen molar-refractivity contribution in [3.05, 3.63) is 12.2 Å². The van der Waals surface area contributed by atoms with Crippen LogP contribution < -0.4 is 5.32 Å². The van der Waals surface area contributed by atoms with Gasteiger partial charge in [-0.1, -0.05) is 31.4 Å². The molecule has 0 aromatic heterocycles. The first-order valence-electron chi connectivity index (χ1n) is 9.58. The molecule has 4 nitrogen and oxygen atoms in total. The van der Waals surface area contributed by atoms with Gasteiger partial charge in [-0.15, -0.1) is 0 Å². The number of nitrogens with zero attached hydrogens (tertiary/aromatic N) is 1. The molecule has 3 atom stereocenters. The summed E-state index contributed by atoms with van der Waals surface area (Å²) in [6, 6.07) is 0.465. The summed E-state index contributed by atoms with van der Waals surface area (Å²) in [4.78, 5) is 14.7. The molecule has 1 spiro atoms. The van der Waals surface area contributed by atoms with Crippen molar-refractivity contribution in [3.63, 3.8) is 0 Å². The molecule has 1 N–H and O–H groups in total. The van der Waals surface area contributed by atoms with Gasteiger partial charge >= 0.3 is 6.03 Å². The molecule has 128 valence electrons. The number of urea groups is 1. The number of ether oxygens (including phenoxy) is 1. The van der Waals surface area contributed by atoms with Crippen LogP contribution in [-0.2, 0) is 4.74 Å². The second-order valence-corrected chi connectivity index (χ2v) is 8.10. The van der Waals surface area contributed by atoms with E-state index in [1.54, 1.807) is 0 Å². The molecule has 4 aliphatic rings. The summed E-state index contributed by atoms with van der Waals surface area (Å²) in [5.41, 5.74) is 0.0668. The highest BCUT2D eigenvalue weighted by atomic mass is 16.5. The Hall–Kier alpha value is -1.03. The summed E-state index contributed by atoms with van der Waals surface area (Å²) in [5, 5.41) is 3.33. The highest BCUT2D eigenvalue weighted by molar-refractivity contribution is 5.75. The maximum absolute atomic E-state index is 12.7. The molecule has 0 bridgehead atoms. The SMILES string of the molecule is O=C(NC1CCOC2(CCCCC2)C1)N1CC2CC=CCC2C1. The summed E-state index contributed by atoms with van der Waals surface area (Å²) in [7, 11) is 0. The van der Waals surface area contributed by atoms with E-state index in [-0.39, 0.29) is 11.6 Å². The lowest BCUT2D eigenvalue weighted by molar-refractivity contribution is -0.108. The Labute approximate surface area is 139 Å². The van der Waals surface area contributed by atoms with Crippen LogP contribution in [0.5, 0.6) is 0 Å². The van der Waals surface area contributed by atoms with Gasteiger partial charge in [0.05, 0.1) is 5.60 Å². The number of hydrogen-bond acceptors (Lipinski definition) is 2. The zero-order valence-electron chi connectivity index (χ0n) is 14.1. The van der Waals surface area contributed by atoms with Gasteiger partial charge in [0.2, 0.25) is 0 Å². The number of rotatable bonds is 1. The van der Waals surface area contributed by atoms with E-state index in [2.05, 4.69) is 22.4 Å². The fraction of sp³-hybridized carbons (Fsp3) is 0.842. The summed E-state index contributed by atoms with van der Waals surface area (Å²) in [5.74, 6) is 1.37. The van der Waals surface area contributed by atoms with Crippen molar-refractivity contribution in [1.82, 2.24) is 10.2 Å². The lowest BCUT2D eigenvalue weighted by Gasteiger charge is -2.43. The fourth-order valence-electron chi connectivity index (χ4n) is 5.14. The molecule has 2 aliphatic carbocycles. The van der Waals surface area contributed by atoms with E-state index in [9.17, 15) is 4.79 Å². The maximum Gasteiger partial charge on any atom is 0.317 e. The van der Waals surface area contributed by atoms with Crippen LogP contribution in [0.15, 0.2) is 12.2 Å². The number of carbonyl (C=O) groups excluding carboxylic acids is 1. The first kappa shape index (κ1) is 15.5. The molecule has 4 heteroatoms. The Bertz CT molecular complexity index is 448. The second kappa shape index (κ2) is 6.46. The highest BCUT2D eigenvalue weighted by Gasteiger charge is 2.40. The van der Waals surface area contributed by atoms with Crippen LogP contribution in [0.4, 0.5) is 4.79 Å². The largest absolute Gasteiger partial charge is 0.375 e. The van der Waals surface area contributed by atoms with Crippen molar-refractivity contribution in [2.75, 3.05) is 19.7 Å². The monoisotopic (exact) mass is 318 g/mol. The molecule has 0 aromatic carbocycles. The summed E-state index contributed by atoms with van der Waals surface area (Å²) in [6.45, 7) is 2.69. The summed E-state index contributed by atoms with van der Waals surface area (Å²) < 4.78 is 6.15. The zero-order chi connectivity index (χ0) is 15.7. The molecule has 2 aliphatic heterocycles. The standard InChI is InChI=1S/C19H30N2O2/c22-18(21-13-15-6-2-3-7-16(15)14-21)20-17-8-11-23-19(12-17)9-4-1-5-10-19/h2-3,15-17H,1,4-14H2,(H,20,22). The number of carbonyl (C=O) groups is 1. The molecule has 2 saturated heterocycles. The molecule has 23 heavy (non-hydrogen) atoms. The first-order chi connectivity index (χ1) is 11.2. The van der Waals surface area contributed by atoms with Gasteiger partial charge in [0, 0.05) is 25.7 Å². The minimum atomic E-state index is 0.0668. The highest BCUT2D eigenvalue weighted by Crippen LogP contribution is 2.39. The zero-order valence-corrected chi connectivity index (χ0v) is 14.1. The minimum Gasteiger partial charge on any atom is -0.375 e. The molecule has 0 aromatic rings. The van der Waals surface area contributed by atoms with Crippen molar-refractivity contribution in [2.45, 2.75) is 69.4 Å². The molecule has 4 rings (SSSR count). The van der Waals surface area contributed by atoms with E-state index in [4.69, 9.17) is 4.74 Å². The summed E-state index contributed by atoms with van der Waals surface area (Å²) in [6.07, 6.45) is 15.1. The Balaban J connectivity index is 1.32. The van der Waals surface area contributed by atoms with Crippen molar-refractivity contribution in [3.8, 4) is 0 Å². The number of likely N-dealkylation sites (tertiary alicyclic amines) is 1. The fourth-order valence-corrected chi connectivity index (χ4v) is 5.14. The van der Waals surface area contributed by atoms with Gasteiger partial charge in [0.15, 0.2) is 0 Å². The normalized spacial score (nSPS) is 36.0. The van der Waals surface area contributed by atoms with Crippen LogP contribution >= 0.6 is 0 Å². The van der Waals surface area contributed by atoms with Gasteiger partial charge in [-0.25, -0.2) is 4.79 Å². The van der Waals surface area contributed by atoms with Gasteiger partial charge in [-0.3, -0.25) is 0 Å². The molecule has 0 radical (unpaired) electrons. The average Bonchev–Trinajstić information content (AvgIpc) is 3.00. The van der Waals surface area contributed by atoms with Crippen molar-refractivity contribution in [1.29, 1.82) is 0 Å². The van der Waals surface area contributed by atoms with Crippen LogP contribution in [0, 0.1) is 11.8 Å². The van der Waals surface area contributed by atoms with Crippen LogP contribution in [0.1, 0.15) is 57.8 Å². The van der Waals surface area contributed by atoms with Crippen LogP contribution in [0.2, 0.25) is 0 Å². The number of amides is 2. The number of hydrogen-bond donors (Lipinski definition) is 1. The van der Waals surface area contributed by atoms with E-state index >= 15 is 0 Å². The van der Waals surface area contributed by atoms with E-state index in [1.807, 2.05) is 0 Å². The molecule has 3 fully saturated rings. The maximum atomic E-state index is 12.7. The molecule has 3 unspecified atom stereocenters. The Morgan fingerprint density at radius 1 is 1.09 bits per heavy atom. The Morgan fingerprint density at radius 3 is 2.48 bits per heavy atom. The third-order valence-corrected chi connectivity index (χ3v) is 6.49. The van der Waals surface area contributed by atoms with Gasteiger partial charge < -0.3 is 15.0 Å². The molecular formula is C19H30N2O2. The smallest absolute Gasteiger partial charge is 0.317 e. The van der Waals surface area contributed by atoms with Crippen LogP contribution in [0.25, 0.3) is 0 Å². The Kier molecular flexibility index (Phi) is 4.35. The van der Waals surface area contributed by atoms with Gasteiger partial charge in [0.1, 0.15) is 0 Å². The predicted molar refractivity (Wildman–Crippen MR) is 90.2 cm³/mol. The number of fused-ring (bicyclic) bond motifs is 1. The van der Waals surface area contributed by atoms with E-state index in [0.29, 0.717) is 17.9 Å². The second-order valence-electron chi connectivity index (χ2n) is 8.10. The predicted octanol–water partition coefficient (Wildman–Crippen LogP) is 3.48. The number of allylic oxidation sites excluding steroid dienone is 2. The lowest BCUT2D eigenvalue weighted by Crippen LogP contribution is -2.52. The third-order valence-electron chi connectivity index (χ3n) is 6.49. The number of nitrogens with one attached hydrogen (secondary N) is 1.